The van der Waals surface area contributed by atoms with E-state index in [1.54, 1.807) is 11.8 Å². The van der Waals surface area contributed by atoms with Gasteiger partial charge in [0.2, 0.25) is 11.8 Å². The van der Waals surface area contributed by atoms with E-state index >= 15 is 0 Å². The molecule has 0 spiro atoms. The van der Waals surface area contributed by atoms with Gasteiger partial charge in [0, 0.05) is 59.2 Å². The number of carbonyl (C=O) groups excluding carboxylic acids is 2. The number of rotatable bonds is 6. The van der Waals surface area contributed by atoms with Gasteiger partial charge in [-0.05, 0) is 0 Å². The number of nitrogens with zero attached hydrogens (tertiary/aromatic N) is 3. The molecule has 0 saturated carbocycles. The average Bonchev–Trinajstić information content (AvgIpc) is 2.56. The van der Waals surface area contributed by atoms with Crippen molar-refractivity contribution in [2.24, 2.45) is 0 Å². The van der Waals surface area contributed by atoms with Gasteiger partial charge in [-0.1, -0.05) is 0 Å². The first-order valence-corrected chi connectivity index (χ1v) is 8.08. The normalized spacial score (nSPS) is 20.0. The summed E-state index contributed by atoms with van der Waals surface area (Å²) in [5.74, 6) is 0.143. The van der Waals surface area contributed by atoms with Gasteiger partial charge < -0.3 is 19.3 Å². The van der Waals surface area contributed by atoms with E-state index in [0.717, 1.165) is 32.8 Å². The lowest BCUT2D eigenvalue weighted by molar-refractivity contribution is -0.136. The molecule has 7 heteroatoms. The van der Waals surface area contributed by atoms with Crippen LogP contribution in [0.15, 0.2) is 0 Å². The van der Waals surface area contributed by atoms with Crippen LogP contribution in [0.1, 0.15) is 13.3 Å². The van der Waals surface area contributed by atoms with E-state index in [9.17, 15) is 9.59 Å². The Morgan fingerprint density at radius 3 is 2.14 bits per heavy atom. The van der Waals surface area contributed by atoms with Gasteiger partial charge >= 0.3 is 0 Å². The maximum Gasteiger partial charge on any atom is 0.224 e. The first-order valence-electron chi connectivity index (χ1n) is 8.08. The second-order valence-electron chi connectivity index (χ2n) is 5.70. The Balaban J connectivity index is 1.71. The third-order valence-corrected chi connectivity index (χ3v) is 4.19. The molecule has 0 bridgehead atoms. The lowest BCUT2D eigenvalue weighted by Crippen LogP contribution is -2.45. The Labute approximate surface area is 132 Å². The quantitative estimate of drug-likeness (QED) is 0.656. The highest BCUT2D eigenvalue weighted by Gasteiger charge is 2.19. The van der Waals surface area contributed by atoms with Crippen molar-refractivity contribution < 1.29 is 19.1 Å². The molecule has 2 amide bonds. The topological polar surface area (TPSA) is 62.3 Å². The second-order valence-corrected chi connectivity index (χ2v) is 5.70. The van der Waals surface area contributed by atoms with Gasteiger partial charge in [0.25, 0.3) is 0 Å². The third kappa shape index (κ3) is 5.55. The molecule has 2 aliphatic heterocycles. The van der Waals surface area contributed by atoms with Crippen LogP contribution in [-0.4, -0.2) is 98.8 Å². The van der Waals surface area contributed by atoms with Gasteiger partial charge in [-0.25, -0.2) is 0 Å². The molecule has 2 fully saturated rings. The smallest absolute Gasteiger partial charge is 0.224 e. The highest BCUT2D eigenvalue weighted by Crippen LogP contribution is 2.03. The average molecular weight is 313 g/mol. The van der Waals surface area contributed by atoms with Crippen molar-refractivity contribution in [1.29, 1.82) is 0 Å². The molecule has 126 valence electrons. The lowest BCUT2D eigenvalue weighted by atomic mass is 10.3. The minimum absolute atomic E-state index is 0.0306. The molecule has 0 aromatic carbocycles. The van der Waals surface area contributed by atoms with E-state index in [2.05, 4.69) is 4.90 Å². The summed E-state index contributed by atoms with van der Waals surface area (Å²) in [6.07, 6.45) is 0.392. The number of carbonyl (C=O) groups is 2. The molecule has 0 radical (unpaired) electrons. The molecule has 7 nitrogen and oxygen atoms in total. The summed E-state index contributed by atoms with van der Waals surface area (Å²) >= 11 is 0. The summed E-state index contributed by atoms with van der Waals surface area (Å²) in [4.78, 5) is 29.8. The van der Waals surface area contributed by atoms with Crippen LogP contribution in [0.25, 0.3) is 0 Å². The number of hydrogen-bond acceptors (Lipinski definition) is 5. The Morgan fingerprint density at radius 2 is 1.55 bits per heavy atom. The summed E-state index contributed by atoms with van der Waals surface area (Å²) < 4.78 is 10.6. The van der Waals surface area contributed by atoms with Crippen LogP contribution in [0.2, 0.25) is 0 Å². The van der Waals surface area contributed by atoms with Crippen LogP contribution in [0.5, 0.6) is 0 Å². The van der Waals surface area contributed by atoms with Crippen molar-refractivity contribution in [3.8, 4) is 0 Å². The maximum absolute atomic E-state index is 12.1. The van der Waals surface area contributed by atoms with E-state index in [1.165, 1.54) is 0 Å². The molecule has 2 heterocycles. The van der Waals surface area contributed by atoms with Crippen LogP contribution in [0.4, 0.5) is 0 Å². The number of hydrogen-bond donors (Lipinski definition) is 0. The summed E-state index contributed by atoms with van der Waals surface area (Å²) in [5.41, 5.74) is 0. The number of morpholine rings is 2. The van der Waals surface area contributed by atoms with Crippen LogP contribution in [0, 0.1) is 0 Å². The molecule has 0 aromatic rings. The lowest BCUT2D eigenvalue weighted by Gasteiger charge is -2.30. The SMILES string of the molecule is CC(=O)N(CCC(=O)N1CCOCC1)CCN1CCOCC1. The predicted molar refractivity (Wildman–Crippen MR) is 81.5 cm³/mol. The van der Waals surface area contributed by atoms with Crippen molar-refractivity contribution in [2.75, 3.05) is 72.2 Å². The van der Waals surface area contributed by atoms with Crippen LogP contribution in [-0.2, 0) is 19.1 Å². The van der Waals surface area contributed by atoms with Crippen molar-refractivity contribution in [3.05, 3.63) is 0 Å². The molecule has 2 rings (SSSR count). The fourth-order valence-electron chi connectivity index (χ4n) is 2.72. The molecule has 0 N–H and O–H groups in total. The Kier molecular flexibility index (Phi) is 7.08. The largest absolute Gasteiger partial charge is 0.379 e. The summed E-state index contributed by atoms with van der Waals surface area (Å²) in [7, 11) is 0. The van der Waals surface area contributed by atoms with Crippen molar-refractivity contribution in [3.63, 3.8) is 0 Å². The van der Waals surface area contributed by atoms with Gasteiger partial charge in [0.05, 0.1) is 26.4 Å². The standard InChI is InChI=1S/C15H27N3O4/c1-14(19)17(5-4-16-6-10-21-11-7-16)3-2-15(20)18-8-12-22-13-9-18/h2-13H2,1H3. The van der Waals surface area contributed by atoms with Crippen LogP contribution >= 0.6 is 0 Å². The van der Waals surface area contributed by atoms with Gasteiger partial charge in [-0.3, -0.25) is 14.5 Å². The van der Waals surface area contributed by atoms with Gasteiger partial charge in [-0.2, -0.15) is 0 Å². The van der Waals surface area contributed by atoms with Crippen molar-refractivity contribution in [2.45, 2.75) is 13.3 Å². The first-order chi connectivity index (χ1) is 10.7. The Morgan fingerprint density at radius 1 is 0.955 bits per heavy atom. The van der Waals surface area contributed by atoms with Crippen molar-refractivity contribution >= 4 is 11.8 Å². The van der Waals surface area contributed by atoms with Gasteiger partial charge in [0.1, 0.15) is 0 Å². The Bertz CT molecular complexity index is 366. The Hall–Kier alpha value is -1.18. The number of amides is 2. The molecule has 2 aliphatic rings. The van der Waals surface area contributed by atoms with E-state index in [4.69, 9.17) is 9.47 Å². The molecule has 0 atom stereocenters. The highest BCUT2D eigenvalue weighted by atomic mass is 16.5. The molecular weight excluding hydrogens is 286 g/mol. The van der Waals surface area contributed by atoms with E-state index in [0.29, 0.717) is 45.8 Å². The molecule has 0 aliphatic carbocycles. The first kappa shape index (κ1) is 17.2. The van der Waals surface area contributed by atoms with Crippen molar-refractivity contribution in [1.82, 2.24) is 14.7 Å². The van der Waals surface area contributed by atoms with Gasteiger partial charge in [-0.15, -0.1) is 0 Å². The number of ether oxygens (including phenoxy) is 2. The summed E-state index contributed by atoms with van der Waals surface area (Å²) in [6.45, 7) is 9.47. The zero-order valence-electron chi connectivity index (χ0n) is 13.5. The van der Waals surface area contributed by atoms with Crippen LogP contribution < -0.4 is 0 Å². The molecule has 2 saturated heterocycles. The van der Waals surface area contributed by atoms with E-state index in [1.807, 2.05) is 4.90 Å². The maximum atomic E-state index is 12.1. The molecule has 0 unspecified atom stereocenters. The monoisotopic (exact) mass is 313 g/mol. The second kappa shape index (κ2) is 9.07. The summed E-state index contributed by atoms with van der Waals surface area (Å²) in [5, 5.41) is 0. The molecule has 0 aromatic heterocycles. The van der Waals surface area contributed by atoms with E-state index < -0.39 is 0 Å². The fraction of sp³-hybridized carbons (Fsp3) is 0.867. The van der Waals surface area contributed by atoms with Crippen LogP contribution in [0.3, 0.4) is 0 Å². The third-order valence-electron chi connectivity index (χ3n) is 4.19. The minimum Gasteiger partial charge on any atom is -0.379 e. The summed E-state index contributed by atoms with van der Waals surface area (Å²) in [6, 6.07) is 0. The zero-order valence-corrected chi connectivity index (χ0v) is 13.5. The molecule has 22 heavy (non-hydrogen) atoms. The zero-order chi connectivity index (χ0) is 15.8. The fourth-order valence-corrected chi connectivity index (χ4v) is 2.72. The highest BCUT2D eigenvalue weighted by molar-refractivity contribution is 5.78. The predicted octanol–water partition coefficient (Wildman–Crippen LogP) is -0.584. The van der Waals surface area contributed by atoms with Gasteiger partial charge in [0.15, 0.2) is 0 Å². The molecular formula is C15H27N3O4. The minimum atomic E-state index is 0.0306. The van der Waals surface area contributed by atoms with E-state index in [-0.39, 0.29) is 11.8 Å².